The van der Waals surface area contributed by atoms with Crippen molar-refractivity contribution in [3.63, 3.8) is 0 Å². The predicted molar refractivity (Wildman–Crippen MR) is 219 cm³/mol. The molecule has 2 saturated heterocycles. The fourth-order valence-corrected chi connectivity index (χ4v) is 7.15. The molecule has 2 heterocycles. The third kappa shape index (κ3) is 15.3. The van der Waals surface area contributed by atoms with Crippen molar-refractivity contribution < 1.29 is 19.7 Å². The van der Waals surface area contributed by atoms with E-state index in [1.54, 1.807) is 0 Å². The molecule has 2 N–H and O–H groups in total. The molecule has 2 aliphatic heterocycles. The molecule has 2 unspecified atom stereocenters. The number of aliphatic hydroxyl groups excluding tert-OH is 2. The average molecular weight is 785 g/mol. The number of alkyl halides is 1. The SMILES string of the molecule is Clc1ccc(C(c2ccccc2)N2CCCCC2)cc1.OCCOCCCl.OCCOCCN1CCN(C(c2ccccc2)c2ccc(Cl)cc2)CC1. The number of rotatable bonds is 15. The molecule has 4 aromatic carbocycles. The van der Waals surface area contributed by atoms with Crippen molar-refractivity contribution in [2.75, 3.05) is 91.3 Å². The van der Waals surface area contributed by atoms with Crippen molar-refractivity contribution in [2.24, 2.45) is 0 Å². The van der Waals surface area contributed by atoms with Crippen LogP contribution in [-0.2, 0) is 9.47 Å². The molecule has 2 atom stereocenters. The van der Waals surface area contributed by atoms with Gasteiger partial charge in [0.15, 0.2) is 0 Å². The Balaban J connectivity index is 0.000000205. The molecule has 6 rings (SSSR count). The Morgan fingerprint density at radius 3 is 1.34 bits per heavy atom. The minimum atomic E-state index is 0.0802. The van der Waals surface area contributed by atoms with Crippen LogP contribution >= 0.6 is 34.8 Å². The van der Waals surface area contributed by atoms with Gasteiger partial charge < -0.3 is 19.7 Å². The Morgan fingerprint density at radius 2 is 0.906 bits per heavy atom. The molecule has 0 aromatic heterocycles. The molecule has 0 amide bonds. The Bertz CT molecular complexity index is 1490. The highest BCUT2D eigenvalue weighted by atomic mass is 35.5. The van der Waals surface area contributed by atoms with E-state index in [1.165, 1.54) is 54.6 Å². The largest absolute Gasteiger partial charge is 0.394 e. The second kappa shape index (κ2) is 25.5. The molecule has 10 heteroatoms. The van der Waals surface area contributed by atoms with E-state index in [0.29, 0.717) is 38.3 Å². The van der Waals surface area contributed by atoms with E-state index in [-0.39, 0.29) is 19.3 Å². The summed E-state index contributed by atoms with van der Waals surface area (Å²) in [7, 11) is 0. The molecule has 7 nitrogen and oxygen atoms in total. The maximum atomic E-state index is 8.78. The number of hydrogen-bond donors (Lipinski definition) is 2. The van der Waals surface area contributed by atoms with Gasteiger partial charge in [0.1, 0.15) is 0 Å². The summed E-state index contributed by atoms with van der Waals surface area (Å²) in [6, 6.07) is 38.6. The standard InChI is InChI=1S/C21H27ClN2O2.C18H20ClN.C4H9ClO2/c22-20-8-6-19(7-9-20)21(18-4-2-1-3-5-18)24-12-10-23(11-13-24)14-16-26-17-15-25;19-17-11-9-16(10-12-17)18(15-7-3-1-4-8-15)20-13-5-2-6-14-20;5-1-3-7-4-2-6/h1-9,21,25H,10-17H2;1,3-4,7-12,18H,2,5-6,13-14H2;6H,1-4H2. The highest BCUT2D eigenvalue weighted by molar-refractivity contribution is 6.30. The van der Waals surface area contributed by atoms with Gasteiger partial charge in [-0.3, -0.25) is 14.7 Å². The molecular weight excluding hydrogens is 729 g/mol. The van der Waals surface area contributed by atoms with Gasteiger partial charge in [-0.05, 0) is 72.5 Å². The lowest BCUT2D eigenvalue weighted by atomic mass is 9.95. The molecule has 2 aliphatic rings. The summed E-state index contributed by atoms with van der Waals surface area (Å²) in [6.07, 6.45) is 3.96. The minimum Gasteiger partial charge on any atom is -0.394 e. The predicted octanol–water partition coefficient (Wildman–Crippen LogP) is 8.21. The summed E-state index contributed by atoms with van der Waals surface area (Å²) >= 11 is 17.4. The number of piperidine rings is 1. The summed E-state index contributed by atoms with van der Waals surface area (Å²) in [6.45, 7) is 9.57. The van der Waals surface area contributed by atoms with E-state index in [9.17, 15) is 0 Å². The van der Waals surface area contributed by atoms with Crippen molar-refractivity contribution in [1.29, 1.82) is 0 Å². The quantitative estimate of drug-likeness (QED) is 0.0931. The second-order valence-corrected chi connectivity index (χ2v) is 14.3. The first-order valence-electron chi connectivity index (χ1n) is 18.8. The van der Waals surface area contributed by atoms with Gasteiger partial charge in [-0.25, -0.2) is 0 Å². The molecule has 0 spiro atoms. The molecular formula is C43H56Cl3N3O4. The first kappa shape index (κ1) is 43.2. The van der Waals surface area contributed by atoms with E-state index >= 15 is 0 Å². The Morgan fingerprint density at radius 1 is 0.491 bits per heavy atom. The van der Waals surface area contributed by atoms with Crippen molar-refractivity contribution in [3.05, 3.63) is 141 Å². The molecule has 4 aromatic rings. The highest BCUT2D eigenvalue weighted by Gasteiger charge is 2.26. The van der Waals surface area contributed by atoms with Crippen LogP contribution in [0.3, 0.4) is 0 Å². The van der Waals surface area contributed by atoms with Crippen LogP contribution < -0.4 is 0 Å². The fraction of sp³-hybridized carbons (Fsp3) is 0.442. The molecule has 0 aliphatic carbocycles. The number of aliphatic hydroxyl groups is 2. The molecule has 0 radical (unpaired) electrons. The van der Waals surface area contributed by atoms with Crippen molar-refractivity contribution in [3.8, 4) is 0 Å². The summed E-state index contributed by atoms with van der Waals surface area (Å²) in [5.74, 6) is 0.500. The summed E-state index contributed by atoms with van der Waals surface area (Å²) in [5.41, 5.74) is 5.30. The Labute approximate surface area is 332 Å². The van der Waals surface area contributed by atoms with Crippen molar-refractivity contribution >= 4 is 34.8 Å². The Kier molecular flexibility index (Phi) is 20.8. The maximum absolute atomic E-state index is 8.78. The zero-order valence-electron chi connectivity index (χ0n) is 30.8. The summed E-state index contributed by atoms with van der Waals surface area (Å²) in [5, 5.41) is 18.5. The molecule has 288 valence electrons. The van der Waals surface area contributed by atoms with Crippen LogP contribution in [0.4, 0.5) is 0 Å². The number of piperazine rings is 1. The third-order valence-corrected chi connectivity index (χ3v) is 10.0. The number of benzene rings is 4. The van der Waals surface area contributed by atoms with Gasteiger partial charge in [0.25, 0.3) is 0 Å². The van der Waals surface area contributed by atoms with E-state index in [0.717, 1.165) is 42.8 Å². The smallest absolute Gasteiger partial charge is 0.0698 e. The zero-order chi connectivity index (χ0) is 37.5. The first-order valence-corrected chi connectivity index (χ1v) is 20.1. The third-order valence-electron chi connectivity index (χ3n) is 9.37. The van der Waals surface area contributed by atoms with Gasteiger partial charge in [-0.15, -0.1) is 11.6 Å². The van der Waals surface area contributed by atoms with Crippen LogP contribution in [-0.4, -0.2) is 116 Å². The molecule has 0 saturated carbocycles. The molecule has 0 bridgehead atoms. The number of ether oxygens (including phenoxy) is 2. The highest BCUT2D eigenvalue weighted by Crippen LogP contribution is 2.32. The van der Waals surface area contributed by atoms with E-state index in [2.05, 4.69) is 99.6 Å². The molecule has 53 heavy (non-hydrogen) atoms. The van der Waals surface area contributed by atoms with E-state index in [4.69, 9.17) is 54.5 Å². The van der Waals surface area contributed by atoms with Crippen LogP contribution in [0.25, 0.3) is 0 Å². The number of nitrogens with zero attached hydrogens (tertiary/aromatic N) is 3. The lowest BCUT2D eigenvalue weighted by Gasteiger charge is -2.39. The van der Waals surface area contributed by atoms with Crippen molar-refractivity contribution in [2.45, 2.75) is 31.3 Å². The maximum Gasteiger partial charge on any atom is 0.0698 e. The number of hydrogen-bond acceptors (Lipinski definition) is 7. The average Bonchev–Trinajstić information content (AvgIpc) is 3.21. The normalized spacial score (nSPS) is 16.5. The van der Waals surface area contributed by atoms with Gasteiger partial charge >= 0.3 is 0 Å². The lowest BCUT2D eigenvalue weighted by molar-refractivity contribution is 0.0522. The van der Waals surface area contributed by atoms with Crippen LogP contribution in [0.1, 0.15) is 53.6 Å². The number of halogens is 3. The monoisotopic (exact) mass is 783 g/mol. The van der Waals surface area contributed by atoms with Gasteiger partial charge in [0.2, 0.25) is 0 Å². The zero-order valence-corrected chi connectivity index (χ0v) is 33.0. The van der Waals surface area contributed by atoms with Crippen LogP contribution in [0, 0.1) is 0 Å². The van der Waals surface area contributed by atoms with Gasteiger partial charge in [0, 0.05) is 48.6 Å². The van der Waals surface area contributed by atoms with Crippen molar-refractivity contribution in [1.82, 2.24) is 14.7 Å². The van der Waals surface area contributed by atoms with Gasteiger partial charge in [0.05, 0.1) is 51.7 Å². The number of likely N-dealkylation sites (tertiary alicyclic amines) is 1. The fourth-order valence-electron chi connectivity index (χ4n) is 6.79. The second-order valence-electron chi connectivity index (χ2n) is 13.1. The van der Waals surface area contributed by atoms with Crippen LogP contribution in [0.2, 0.25) is 10.0 Å². The first-order chi connectivity index (χ1) is 26.0. The van der Waals surface area contributed by atoms with Crippen LogP contribution in [0.5, 0.6) is 0 Å². The minimum absolute atomic E-state index is 0.0802. The summed E-state index contributed by atoms with van der Waals surface area (Å²) in [4.78, 5) is 7.57. The summed E-state index contributed by atoms with van der Waals surface area (Å²) < 4.78 is 10.1. The lowest BCUT2D eigenvalue weighted by Crippen LogP contribution is -2.48. The van der Waals surface area contributed by atoms with E-state index in [1.807, 2.05) is 24.3 Å². The molecule has 2 fully saturated rings. The van der Waals surface area contributed by atoms with Crippen LogP contribution in [0.15, 0.2) is 109 Å². The Hall–Kier alpha value is -2.53. The van der Waals surface area contributed by atoms with E-state index < -0.39 is 0 Å². The van der Waals surface area contributed by atoms with Gasteiger partial charge in [-0.2, -0.15) is 0 Å². The topological polar surface area (TPSA) is 68.6 Å². The van der Waals surface area contributed by atoms with Gasteiger partial charge in [-0.1, -0.05) is 115 Å².